The van der Waals surface area contributed by atoms with E-state index in [2.05, 4.69) is 25.1 Å². The van der Waals surface area contributed by atoms with Crippen LogP contribution in [0.2, 0.25) is 0 Å². The number of halogens is 6. The molecule has 4 heterocycles. The third kappa shape index (κ3) is 7.33. The van der Waals surface area contributed by atoms with Gasteiger partial charge >= 0.3 is 0 Å². The van der Waals surface area contributed by atoms with E-state index in [1.165, 1.54) is 23.9 Å². The van der Waals surface area contributed by atoms with Gasteiger partial charge in [0.2, 0.25) is 15.9 Å². The maximum Gasteiger partial charge on any atom is 0.293 e. The van der Waals surface area contributed by atoms with Gasteiger partial charge in [0, 0.05) is 55.2 Å². The molecule has 9 rings (SSSR count). The van der Waals surface area contributed by atoms with E-state index in [9.17, 15) is 30.8 Å². The number of aryl methyl sites for hydroxylation is 1. The van der Waals surface area contributed by atoms with Crippen LogP contribution in [0.4, 0.5) is 37.8 Å². The monoisotopic (exact) mass is 883 g/mol. The van der Waals surface area contributed by atoms with E-state index in [-0.39, 0.29) is 68.9 Å². The van der Waals surface area contributed by atoms with Crippen LogP contribution in [-0.2, 0) is 45.5 Å². The van der Waals surface area contributed by atoms with Crippen LogP contribution >= 0.6 is 0 Å². The van der Waals surface area contributed by atoms with Crippen LogP contribution in [0.15, 0.2) is 59.4 Å². The third-order valence-electron chi connectivity index (χ3n) is 11.5. The highest BCUT2D eigenvalue weighted by Gasteiger charge is 2.67. The molecule has 3 aliphatic rings. The predicted molar refractivity (Wildman–Crippen MR) is 215 cm³/mol. The number of fused-ring (bicyclic) bond motifs is 5. The standard InChI is InChI=1S/C41H39F6N9O5S/c1-19-16-54(17-20(2)61-19)24-8-9-25-29(14-24)49-39(56(40(25)58)31-7-5-6-26-35(31)53(3)51-38(26)52-62(4,59)60)30(12-21-10-22(42)13-23(43)11-21)48-32(57)18-55-36-33(34(50-55)37(44)45)27-15-28(27)41(36,46)47/h5-11,13-14,19-20,27-28,30,37H,12,15-18H2,1-4H3,(H,48,57)(H,51,52)/t19-,20+,27-,28+,30-/m0/s1. The second-order valence-corrected chi connectivity index (χ2v) is 18.0. The summed E-state index contributed by atoms with van der Waals surface area (Å²) >= 11 is 0. The summed E-state index contributed by atoms with van der Waals surface area (Å²) in [5.74, 6) is -8.69. The lowest BCUT2D eigenvalue weighted by molar-refractivity contribution is -0.123. The molecule has 2 fully saturated rings. The smallest absolute Gasteiger partial charge is 0.293 e. The van der Waals surface area contributed by atoms with Crippen molar-refractivity contribution in [3.8, 4) is 5.69 Å². The number of rotatable bonds is 11. The number of hydrogen-bond acceptors (Lipinski definition) is 9. The molecule has 0 bridgehead atoms. The average molecular weight is 884 g/mol. The van der Waals surface area contributed by atoms with Crippen molar-refractivity contribution in [3.05, 3.63) is 105 Å². The lowest BCUT2D eigenvalue weighted by Crippen LogP contribution is -2.45. The Labute approximate surface area is 349 Å². The summed E-state index contributed by atoms with van der Waals surface area (Å²) in [5, 5.41) is 11.2. The molecule has 2 N–H and O–H groups in total. The number of sulfonamides is 1. The highest BCUT2D eigenvalue weighted by molar-refractivity contribution is 7.92. The minimum absolute atomic E-state index is 0.00343. The number of nitrogens with zero attached hydrogens (tertiary/aromatic N) is 7. The molecule has 1 amide bonds. The number of para-hydroxylation sites is 1. The minimum Gasteiger partial charge on any atom is -0.372 e. The molecule has 62 heavy (non-hydrogen) atoms. The van der Waals surface area contributed by atoms with Gasteiger partial charge in [0.1, 0.15) is 35.4 Å². The largest absolute Gasteiger partial charge is 0.372 e. The van der Waals surface area contributed by atoms with Crippen molar-refractivity contribution in [2.45, 2.75) is 69.7 Å². The highest BCUT2D eigenvalue weighted by Crippen LogP contribution is 2.68. The first-order valence-corrected chi connectivity index (χ1v) is 21.6. The van der Waals surface area contributed by atoms with Gasteiger partial charge in [-0.3, -0.25) is 28.2 Å². The Morgan fingerprint density at radius 1 is 1.00 bits per heavy atom. The van der Waals surface area contributed by atoms with Crippen molar-refractivity contribution in [3.63, 3.8) is 0 Å². The average Bonchev–Trinajstić information content (AvgIpc) is 3.73. The van der Waals surface area contributed by atoms with Crippen LogP contribution in [0.3, 0.4) is 0 Å². The summed E-state index contributed by atoms with van der Waals surface area (Å²) in [6.07, 6.45) is -2.91. The fourth-order valence-electron chi connectivity index (χ4n) is 9.12. The zero-order chi connectivity index (χ0) is 44.2. The van der Waals surface area contributed by atoms with E-state index in [1.807, 2.05) is 13.8 Å². The molecule has 1 aliphatic heterocycles. The molecule has 2 aliphatic carbocycles. The molecule has 14 nitrogen and oxygen atoms in total. The number of hydrogen-bond donors (Lipinski definition) is 2. The van der Waals surface area contributed by atoms with Crippen LogP contribution in [0.1, 0.15) is 67.0 Å². The minimum atomic E-state index is -3.83. The molecule has 326 valence electrons. The number of alkyl halides is 4. The number of anilines is 2. The van der Waals surface area contributed by atoms with Crippen molar-refractivity contribution < 1.29 is 44.3 Å². The van der Waals surface area contributed by atoms with Gasteiger partial charge in [-0.05, 0) is 74.2 Å². The Morgan fingerprint density at radius 2 is 1.71 bits per heavy atom. The Hall–Kier alpha value is -5.96. The molecule has 1 saturated carbocycles. The molecule has 0 unspecified atom stereocenters. The van der Waals surface area contributed by atoms with Gasteiger partial charge in [-0.15, -0.1) is 0 Å². The van der Waals surface area contributed by atoms with E-state index >= 15 is 13.6 Å². The fourth-order valence-corrected chi connectivity index (χ4v) is 9.62. The first-order valence-electron chi connectivity index (χ1n) is 19.7. The SMILES string of the molecule is C[C@@H]1CN(c2ccc3c(=O)n(-c4cccc5c(NS(C)(=O)=O)nn(C)c45)c([C@H](Cc4cc(F)cc(F)c4)NC(=O)Cn4nc(C(F)F)c5c4C(F)(F)[C@@H]4C[C@H]54)nc3c2)C[C@H](C)O1. The molecule has 21 heteroatoms. The Balaban J connectivity index is 1.23. The maximum atomic E-state index is 15.5. The number of carbonyl (C=O) groups is 1. The molecular weight excluding hydrogens is 845 g/mol. The molecule has 6 aromatic rings. The third-order valence-corrected chi connectivity index (χ3v) is 12.1. The van der Waals surface area contributed by atoms with Crippen molar-refractivity contribution in [2.75, 3.05) is 29.0 Å². The van der Waals surface area contributed by atoms with Gasteiger partial charge in [0.25, 0.3) is 17.9 Å². The number of benzene rings is 3. The number of ether oxygens (including phenoxy) is 1. The molecule has 1 saturated heterocycles. The van der Waals surface area contributed by atoms with Crippen molar-refractivity contribution in [2.24, 2.45) is 13.0 Å². The van der Waals surface area contributed by atoms with Gasteiger partial charge in [0.05, 0.1) is 46.6 Å². The summed E-state index contributed by atoms with van der Waals surface area (Å²) < 4.78 is 125. The topological polar surface area (TPSA) is 158 Å². The predicted octanol–water partition coefficient (Wildman–Crippen LogP) is 5.98. The van der Waals surface area contributed by atoms with Crippen LogP contribution in [0.25, 0.3) is 27.5 Å². The number of morpholine rings is 1. The van der Waals surface area contributed by atoms with Gasteiger partial charge in [0.15, 0.2) is 5.82 Å². The quantitative estimate of drug-likeness (QED) is 0.150. The highest BCUT2D eigenvalue weighted by atomic mass is 32.2. The van der Waals surface area contributed by atoms with E-state index in [0.29, 0.717) is 29.5 Å². The maximum absolute atomic E-state index is 15.5. The first-order chi connectivity index (χ1) is 29.3. The Bertz CT molecular complexity index is 2960. The summed E-state index contributed by atoms with van der Waals surface area (Å²) in [4.78, 5) is 36.2. The summed E-state index contributed by atoms with van der Waals surface area (Å²) in [6.45, 7) is 3.92. The van der Waals surface area contributed by atoms with Crippen molar-refractivity contribution >= 4 is 49.2 Å². The van der Waals surface area contributed by atoms with E-state index in [1.54, 1.807) is 24.3 Å². The van der Waals surface area contributed by atoms with Crippen molar-refractivity contribution in [1.29, 1.82) is 0 Å². The lowest BCUT2D eigenvalue weighted by Gasteiger charge is -2.37. The number of amides is 1. The van der Waals surface area contributed by atoms with E-state index in [4.69, 9.17) is 9.72 Å². The summed E-state index contributed by atoms with van der Waals surface area (Å²) in [6, 6.07) is 10.9. The van der Waals surface area contributed by atoms with Crippen LogP contribution in [0, 0.1) is 17.6 Å². The summed E-state index contributed by atoms with van der Waals surface area (Å²) in [5.41, 5.74) is -1.32. The molecule has 0 radical (unpaired) electrons. The zero-order valence-electron chi connectivity index (χ0n) is 33.5. The molecule has 5 atom stereocenters. The Kier molecular flexibility index (Phi) is 9.91. The van der Waals surface area contributed by atoms with E-state index in [0.717, 1.165) is 23.0 Å². The molecule has 3 aromatic heterocycles. The Morgan fingerprint density at radius 3 is 2.39 bits per heavy atom. The first kappa shape index (κ1) is 41.4. The molecule has 0 spiro atoms. The second kappa shape index (κ2) is 14.8. The van der Waals surface area contributed by atoms with Crippen LogP contribution in [-0.4, -0.2) is 75.0 Å². The molecule has 3 aromatic carbocycles. The summed E-state index contributed by atoms with van der Waals surface area (Å²) in [7, 11) is -2.32. The van der Waals surface area contributed by atoms with Crippen LogP contribution in [0.5, 0.6) is 0 Å². The number of nitrogens with one attached hydrogen (secondary N) is 2. The van der Waals surface area contributed by atoms with Crippen molar-refractivity contribution in [1.82, 2.24) is 34.4 Å². The number of carbonyl (C=O) groups excluding carboxylic acids is 1. The lowest BCUT2D eigenvalue weighted by atomic mass is 10.0. The molecular formula is C41H39F6N9O5S. The van der Waals surface area contributed by atoms with E-state index < -0.39 is 87.7 Å². The fraction of sp³-hybridized carbons (Fsp3) is 0.390. The van der Waals surface area contributed by atoms with Gasteiger partial charge in [-0.25, -0.2) is 31.0 Å². The second-order valence-electron chi connectivity index (χ2n) is 16.3. The zero-order valence-corrected chi connectivity index (χ0v) is 34.4. The van der Waals surface area contributed by atoms with Gasteiger partial charge in [-0.1, -0.05) is 6.07 Å². The van der Waals surface area contributed by atoms with Gasteiger partial charge in [-0.2, -0.15) is 19.0 Å². The van der Waals surface area contributed by atoms with Gasteiger partial charge < -0.3 is 15.0 Å². The normalized spacial score (nSPS) is 21.0. The number of aromatic nitrogens is 6. The van der Waals surface area contributed by atoms with Crippen LogP contribution < -0.4 is 20.5 Å².